The molecule has 2 aromatic heterocycles. The van der Waals surface area contributed by atoms with Gasteiger partial charge >= 0.3 is 7.12 Å². The average Bonchev–Trinajstić information content (AvgIpc) is 3.09. The van der Waals surface area contributed by atoms with Crippen LogP contribution in [0.1, 0.15) is 27.7 Å². The summed E-state index contributed by atoms with van der Waals surface area (Å²) in [5.41, 5.74) is 2.02. The highest BCUT2D eigenvalue weighted by Gasteiger charge is 2.52. The maximum absolute atomic E-state index is 6.27. The lowest BCUT2D eigenvalue weighted by Crippen LogP contribution is -2.41. The molecule has 1 fully saturated rings. The van der Waals surface area contributed by atoms with Crippen LogP contribution < -0.4 is 5.59 Å². The van der Waals surface area contributed by atoms with Crippen molar-refractivity contribution in [2.75, 3.05) is 0 Å². The Balaban J connectivity index is 1.45. The summed E-state index contributed by atoms with van der Waals surface area (Å²) < 4.78 is 12.5. The molecule has 4 aromatic carbocycles. The topological polar surface area (TPSA) is 44.2 Å². The summed E-state index contributed by atoms with van der Waals surface area (Å²) in [5.74, 6) is 0. The van der Waals surface area contributed by atoms with Gasteiger partial charge in [-0.15, -0.1) is 0 Å². The monoisotopic (exact) mass is 456 g/mol. The fourth-order valence-electron chi connectivity index (χ4n) is 5.28. The van der Waals surface area contributed by atoms with Crippen molar-refractivity contribution in [2.45, 2.75) is 38.9 Å². The first-order valence-corrected chi connectivity index (χ1v) is 12.1. The minimum absolute atomic E-state index is 0.399. The number of hydrogen-bond donors (Lipinski definition) is 0. The molecular formula is C30H25BN2O2. The molecule has 1 aliphatic heterocycles. The van der Waals surface area contributed by atoms with E-state index in [0.29, 0.717) is 0 Å². The first kappa shape index (κ1) is 20.8. The van der Waals surface area contributed by atoms with Crippen LogP contribution in [0.4, 0.5) is 0 Å². The number of hydrogen-bond acceptors (Lipinski definition) is 4. The van der Waals surface area contributed by atoms with Crippen LogP contribution in [-0.2, 0) is 9.31 Å². The zero-order valence-corrected chi connectivity index (χ0v) is 20.3. The number of aromatic nitrogens is 2. The Kier molecular flexibility index (Phi) is 4.16. The predicted molar refractivity (Wildman–Crippen MR) is 145 cm³/mol. The smallest absolute Gasteiger partial charge is 0.398 e. The Labute approximate surface area is 204 Å². The summed E-state index contributed by atoms with van der Waals surface area (Å²) in [5, 5.41) is 9.42. The van der Waals surface area contributed by atoms with Gasteiger partial charge in [-0.05, 0) is 61.4 Å². The van der Waals surface area contributed by atoms with Crippen LogP contribution in [-0.4, -0.2) is 28.3 Å². The molecule has 4 nitrogen and oxygen atoms in total. The third kappa shape index (κ3) is 2.95. The van der Waals surface area contributed by atoms with Crippen LogP contribution in [0.2, 0.25) is 0 Å². The molecule has 0 amide bonds. The Bertz CT molecular complexity index is 1810. The number of rotatable bonds is 1. The molecule has 3 heterocycles. The Morgan fingerprint density at radius 1 is 0.571 bits per heavy atom. The van der Waals surface area contributed by atoms with E-state index in [9.17, 15) is 0 Å². The standard InChI is InChI=1S/C30H25BN2O2/c1-29(2)30(3,4)35-31(34-29)26-16-9-19-8-11-23-21-12-14-24-22(10-7-18-6-5-17-32-27(18)24)20(21)13-15-25(23)28(19)33-26/h5-17H,1-4H3. The SMILES string of the molecule is CC1(C)OB(c2ccc3ccc4c5ccc6c(ccc7cccnc76)c5ccc4c3n2)OC1(C)C. The first-order valence-electron chi connectivity index (χ1n) is 12.1. The molecule has 0 spiro atoms. The molecule has 0 bridgehead atoms. The lowest BCUT2D eigenvalue weighted by Gasteiger charge is -2.32. The Hall–Kier alpha value is -3.54. The predicted octanol–water partition coefficient (Wildman–Crippen LogP) is 6.54. The van der Waals surface area contributed by atoms with E-state index in [4.69, 9.17) is 14.3 Å². The van der Waals surface area contributed by atoms with Crippen molar-refractivity contribution in [2.24, 2.45) is 0 Å². The summed E-state index contributed by atoms with van der Waals surface area (Å²) in [7, 11) is -0.482. The van der Waals surface area contributed by atoms with Gasteiger partial charge in [0.2, 0.25) is 0 Å². The number of benzene rings is 4. The van der Waals surface area contributed by atoms with E-state index in [-0.39, 0.29) is 0 Å². The minimum Gasteiger partial charge on any atom is -0.398 e. The van der Waals surface area contributed by atoms with Gasteiger partial charge in [-0.25, -0.2) is 0 Å². The molecule has 7 rings (SSSR count). The van der Waals surface area contributed by atoms with Crippen molar-refractivity contribution in [3.63, 3.8) is 0 Å². The second kappa shape index (κ2) is 7.00. The van der Waals surface area contributed by atoms with Crippen molar-refractivity contribution in [1.82, 2.24) is 9.97 Å². The third-order valence-corrected chi connectivity index (χ3v) is 7.94. The molecule has 0 saturated carbocycles. The highest BCUT2D eigenvalue weighted by atomic mass is 16.7. The van der Waals surface area contributed by atoms with Crippen molar-refractivity contribution < 1.29 is 9.31 Å². The first-order chi connectivity index (χ1) is 16.8. The van der Waals surface area contributed by atoms with Gasteiger partial charge in [0.05, 0.1) is 27.8 Å². The Morgan fingerprint density at radius 3 is 1.71 bits per heavy atom. The summed E-state index contributed by atoms with van der Waals surface area (Å²) in [4.78, 5) is 9.72. The quantitative estimate of drug-likeness (QED) is 0.208. The normalized spacial score (nSPS) is 17.3. The number of pyridine rings is 2. The maximum atomic E-state index is 6.27. The molecule has 35 heavy (non-hydrogen) atoms. The van der Waals surface area contributed by atoms with Gasteiger partial charge in [-0.3, -0.25) is 9.97 Å². The molecule has 1 saturated heterocycles. The second-order valence-electron chi connectivity index (χ2n) is 10.5. The molecule has 5 heteroatoms. The lowest BCUT2D eigenvalue weighted by molar-refractivity contribution is 0.00578. The van der Waals surface area contributed by atoms with Crippen LogP contribution in [0.3, 0.4) is 0 Å². The molecular weight excluding hydrogens is 431 g/mol. The van der Waals surface area contributed by atoms with Gasteiger partial charge in [0, 0.05) is 27.7 Å². The van der Waals surface area contributed by atoms with E-state index in [1.54, 1.807) is 0 Å². The van der Waals surface area contributed by atoms with Crippen LogP contribution in [0, 0.1) is 0 Å². The average molecular weight is 456 g/mol. The summed E-state index contributed by atoms with van der Waals surface area (Å²) >= 11 is 0. The van der Waals surface area contributed by atoms with E-state index < -0.39 is 18.3 Å². The van der Waals surface area contributed by atoms with Crippen LogP contribution in [0.5, 0.6) is 0 Å². The third-order valence-electron chi connectivity index (χ3n) is 7.94. The molecule has 0 unspecified atom stereocenters. The second-order valence-corrected chi connectivity index (χ2v) is 10.5. The zero-order chi connectivity index (χ0) is 23.9. The lowest BCUT2D eigenvalue weighted by atomic mass is 9.83. The van der Waals surface area contributed by atoms with Gasteiger partial charge in [0.15, 0.2) is 0 Å². The van der Waals surface area contributed by atoms with E-state index in [0.717, 1.165) is 32.8 Å². The van der Waals surface area contributed by atoms with Crippen LogP contribution in [0.25, 0.3) is 54.1 Å². The van der Waals surface area contributed by atoms with Gasteiger partial charge in [-0.2, -0.15) is 0 Å². The highest BCUT2D eigenvalue weighted by molar-refractivity contribution is 6.61. The highest BCUT2D eigenvalue weighted by Crippen LogP contribution is 2.38. The molecule has 6 aromatic rings. The van der Waals surface area contributed by atoms with Crippen molar-refractivity contribution in [1.29, 1.82) is 0 Å². The van der Waals surface area contributed by atoms with E-state index in [2.05, 4.69) is 93.3 Å². The summed E-state index contributed by atoms with van der Waals surface area (Å²) in [6, 6.07) is 25.8. The molecule has 0 N–H and O–H groups in total. The molecule has 0 radical (unpaired) electrons. The van der Waals surface area contributed by atoms with Gasteiger partial charge < -0.3 is 9.31 Å². The van der Waals surface area contributed by atoms with E-state index >= 15 is 0 Å². The van der Waals surface area contributed by atoms with E-state index in [1.807, 2.05) is 18.3 Å². The molecule has 0 atom stereocenters. The van der Waals surface area contributed by atoms with Crippen LogP contribution in [0.15, 0.2) is 79.0 Å². The number of nitrogens with zero attached hydrogens (tertiary/aromatic N) is 2. The van der Waals surface area contributed by atoms with Gasteiger partial charge in [-0.1, -0.05) is 60.7 Å². The zero-order valence-electron chi connectivity index (χ0n) is 20.3. The minimum atomic E-state index is -0.482. The van der Waals surface area contributed by atoms with Crippen molar-refractivity contribution in [3.8, 4) is 0 Å². The molecule has 170 valence electrons. The van der Waals surface area contributed by atoms with E-state index in [1.165, 1.54) is 26.9 Å². The Morgan fingerprint density at radius 2 is 1.06 bits per heavy atom. The fraction of sp³-hybridized carbons (Fsp3) is 0.200. The largest absolute Gasteiger partial charge is 0.514 e. The van der Waals surface area contributed by atoms with Gasteiger partial charge in [0.1, 0.15) is 0 Å². The molecule has 1 aliphatic rings. The summed E-state index contributed by atoms with van der Waals surface area (Å²) in [6.07, 6.45) is 1.86. The fourth-order valence-corrected chi connectivity index (χ4v) is 5.28. The number of fused-ring (bicyclic) bond motifs is 9. The van der Waals surface area contributed by atoms with Crippen LogP contribution >= 0.6 is 0 Å². The maximum Gasteiger partial charge on any atom is 0.514 e. The van der Waals surface area contributed by atoms with Crippen molar-refractivity contribution in [3.05, 3.63) is 79.0 Å². The summed E-state index contributed by atoms with van der Waals surface area (Å²) in [6.45, 7) is 8.27. The van der Waals surface area contributed by atoms with Crippen molar-refractivity contribution >= 4 is 66.8 Å². The van der Waals surface area contributed by atoms with Gasteiger partial charge in [0.25, 0.3) is 0 Å². The molecule has 0 aliphatic carbocycles.